The van der Waals surface area contributed by atoms with E-state index in [1.807, 2.05) is 36.0 Å². The Morgan fingerprint density at radius 3 is 3.12 bits per heavy atom. The van der Waals surface area contributed by atoms with Crippen LogP contribution in [0.15, 0.2) is 28.7 Å². The summed E-state index contributed by atoms with van der Waals surface area (Å²) in [5.74, 6) is 2.33. The molecule has 1 heterocycles. The minimum Gasteiger partial charge on any atom is -0.325 e. The van der Waals surface area contributed by atoms with Gasteiger partial charge in [-0.1, -0.05) is 22.0 Å². The zero-order chi connectivity index (χ0) is 12.1. The fourth-order valence-electron chi connectivity index (χ4n) is 1.70. The van der Waals surface area contributed by atoms with E-state index < -0.39 is 0 Å². The van der Waals surface area contributed by atoms with Crippen LogP contribution in [0.2, 0.25) is 0 Å². The zero-order valence-corrected chi connectivity index (χ0v) is 11.8. The highest BCUT2D eigenvalue weighted by atomic mass is 79.9. The molecule has 0 radical (unpaired) electrons. The van der Waals surface area contributed by atoms with Crippen LogP contribution in [-0.4, -0.2) is 30.0 Å². The van der Waals surface area contributed by atoms with Gasteiger partial charge in [0.05, 0.1) is 6.54 Å². The smallest absolute Gasteiger partial charge is 0.238 e. The molecule has 1 aliphatic heterocycles. The molecule has 92 valence electrons. The van der Waals surface area contributed by atoms with E-state index in [2.05, 4.69) is 26.6 Å². The van der Waals surface area contributed by atoms with Gasteiger partial charge in [-0.15, -0.1) is 0 Å². The van der Waals surface area contributed by atoms with E-state index in [9.17, 15) is 4.79 Å². The fourth-order valence-corrected chi connectivity index (χ4v) is 3.29. The number of hydrogen-bond donors (Lipinski definition) is 2. The van der Waals surface area contributed by atoms with Gasteiger partial charge in [-0.3, -0.25) is 4.79 Å². The van der Waals surface area contributed by atoms with Crippen LogP contribution >= 0.6 is 27.7 Å². The number of halogens is 1. The third kappa shape index (κ3) is 4.33. The van der Waals surface area contributed by atoms with Crippen molar-refractivity contribution in [2.24, 2.45) is 0 Å². The largest absolute Gasteiger partial charge is 0.325 e. The highest BCUT2D eigenvalue weighted by Gasteiger charge is 2.15. The second kappa shape index (κ2) is 6.42. The summed E-state index contributed by atoms with van der Waals surface area (Å²) in [7, 11) is 0. The molecular weight excluding hydrogens is 300 g/mol. The molecule has 1 unspecified atom stereocenters. The van der Waals surface area contributed by atoms with E-state index in [0.29, 0.717) is 12.6 Å². The summed E-state index contributed by atoms with van der Waals surface area (Å²) in [5.41, 5.74) is 0.826. The molecule has 1 aromatic carbocycles. The molecule has 17 heavy (non-hydrogen) atoms. The molecule has 0 aromatic heterocycles. The molecule has 2 rings (SSSR count). The minimum atomic E-state index is 0.0139. The number of carbonyl (C=O) groups is 1. The van der Waals surface area contributed by atoms with E-state index in [1.165, 1.54) is 5.75 Å². The van der Waals surface area contributed by atoms with Crippen LogP contribution in [0, 0.1) is 0 Å². The van der Waals surface area contributed by atoms with Crippen molar-refractivity contribution in [2.75, 3.05) is 23.4 Å². The van der Waals surface area contributed by atoms with Gasteiger partial charge in [-0.2, -0.15) is 11.8 Å². The van der Waals surface area contributed by atoms with Crippen molar-refractivity contribution in [3.05, 3.63) is 28.7 Å². The fraction of sp³-hybridized carbons (Fsp3) is 0.417. The maximum Gasteiger partial charge on any atom is 0.238 e. The molecule has 0 spiro atoms. The summed E-state index contributed by atoms with van der Waals surface area (Å²) in [6, 6.07) is 8.11. The minimum absolute atomic E-state index is 0.0139. The van der Waals surface area contributed by atoms with Crippen molar-refractivity contribution in [1.29, 1.82) is 0 Å². The van der Waals surface area contributed by atoms with E-state index in [-0.39, 0.29) is 5.91 Å². The molecule has 1 fully saturated rings. The van der Waals surface area contributed by atoms with Crippen LogP contribution in [0.3, 0.4) is 0 Å². The average molecular weight is 315 g/mol. The van der Waals surface area contributed by atoms with Crippen molar-refractivity contribution >= 4 is 39.3 Å². The lowest BCUT2D eigenvalue weighted by Gasteiger charge is -2.11. The molecule has 5 heteroatoms. The summed E-state index contributed by atoms with van der Waals surface area (Å²) < 4.78 is 0.968. The highest BCUT2D eigenvalue weighted by Crippen LogP contribution is 2.17. The zero-order valence-electron chi connectivity index (χ0n) is 9.41. The number of benzene rings is 1. The Bertz CT molecular complexity index is 394. The van der Waals surface area contributed by atoms with Crippen LogP contribution in [0.1, 0.15) is 6.42 Å². The molecule has 1 aromatic rings. The Hall–Kier alpha value is -0.520. The van der Waals surface area contributed by atoms with Gasteiger partial charge >= 0.3 is 0 Å². The van der Waals surface area contributed by atoms with Crippen molar-refractivity contribution in [2.45, 2.75) is 12.5 Å². The van der Waals surface area contributed by atoms with Gasteiger partial charge in [0.1, 0.15) is 0 Å². The second-order valence-corrected chi connectivity index (χ2v) is 6.07. The van der Waals surface area contributed by atoms with Crippen LogP contribution < -0.4 is 10.6 Å². The molecule has 0 aliphatic carbocycles. The number of thioether (sulfide) groups is 1. The number of carbonyl (C=O) groups excluding carboxylic acids is 1. The third-order valence-electron chi connectivity index (χ3n) is 2.59. The van der Waals surface area contributed by atoms with Crippen LogP contribution in [0.5, 0.6) is 0 Å². The van der Waals surface area contributed by atoms with E-state index in [4.69, 9.17) is 0 Å². The van der Waals surface area contributed by atoms with Crippen LogP contribution in [0.4, 0.5) is 5.69 Å². The topological polar surface area (TPSA) is 41.1 Å². The summed E-state index contributed by atoms with van der Waals surface area (Å²) in [5, 5.41) is 6.14. The first-order valence-electron chi connectivity index (χ1n) is 5.60. The average Bonchev–Trinajstić information content (AvgIpc) is 2.79. The summed E-state index contributed by atoms with van der Waals surface area (Å²) in [6.07, 6.45) is 1.16. The molecule has 1 atom stereocenters. The lowest BCUT2D eigenvalue weighted by Crippen LogP contribution is -2.36. The molecule has 2 N–H and O–H groups in total. The van der Waals surface area contributed by atoms with Crippen molar-refractivity contribution in [3.8, 4) is 0 Å². The van der Waals surface area contributed by atoms with Gasteiger partial charge in [0.2, 0.25) is 5.91 Å². The lowest BCUT2D eigenvalue weighted by molar-refractivity contribution is -0.115. The van der Waals surface area contributed by atoms with Gasteiger partial charge in [0.15, 0.2) is 0 Å². The molecule has 0 saturated carbocycles. The third-order valence-corrected chi connectivity index (χ3v) is 4.25. The van der Waals surface area contributed by atoms with Gasteiger partial charge < -0.3 is 10.6 Å². The molecule has 1 amide bonds. The number of rotatable bonds is 4. The Labute approximate surface area is 114 Å². The highest BCUT2D eigenvalue weighted by molar-refractivity contribution is 9.10. The van der Waals surface area contributed by atoms with Crippen molar-refractivity contribution in [3.63, 3.8) is 0 Å². The monoisotopic (exact) mass is 314 g/mol. The van der Waals surface area contributed by atoms with Crippen molar-refractivity contribution in [1.82, 2.24) is 5.32 Å². The number of amides is 1. The standard InChI is InChI=1S/C12H15BrN2OS/c13-9-2-1-3-10(6-9)15-12(16)7-14-11-4-5-17-8-11/h1-3,6,11,14H,4-5,7-8H2,(H,15,16). The normalized spacial score (nSPS) is 19.2. The van der Waals surface area contributed by atoms with E-state index >= 15 is 0 Å². The Balaban J connectivity index is 1.76. The Morgan fingerprint density at radius 1 is 1.53 bits per heavy atom. The quantitative estimate of drug-likeness (QED) is 0.897. The summed E-state index contributed by atoms with van der Waals surface area (Å²) in [4.78, 5) is 11.7. The van der Waals surface area contributed by atoms with Crippen molar-refractivity contribution < 1.29 is 4.79 Å². The molecule has 0 bridgehead atoms. The van der Waals surface area contributed by atoms with Crippen LogP contribution in [-0.2, 0) is 4.79 Å². The lowest BCUT2D eigenvalue weighted by atomic mass is 10.2. The number of anilines is 1. The SMILES string of the molecule is O=C(CNC1CCSC1)Nc1cccc(Br)c1. The molecule has 1 saturated heterocycles. The van der Waals surface area contributed by atoms with Gasteiger partial charge in [-0.25, -0.2) is 0 Å². The molecular formula is C12H15BrN2OS. The first kappa shape index (κ1) is 12.9. The second-order valence-electron chi connectivity index (χ2n) is 4.00. The molecule has 1 aliphatic rings. The summed E-state index contributed by atoms with van der Waals surface area (Å²) >= 11 is 5.31. The first-order chi connectivity index (χ1) is 8.24. The summed E-state index contributed by atoms with van der Waals surface area (Å²) in [6.45, 7) is 0.387. The van der Waals surface area contributed by atoms with Gasteiger partial charge in [0, 0.05) is 22.0 Å². The number of hydrogen-bond acceptors (Lipinski definition) is 3. The maximum atomic E-state index is 11.7. The maximum absolute atomic E-state index is 11.7. The van der Waals surface area contributed by atoms with Crippen LogP contribution in [0.25, 0.3) is 0 Å². The predicted molar refractivity (Wildman–Crippen MR) is 76.5 cm³/mol. The van der Waals surface area contributed by atoms with Gasteiger partial charge in [0.25, 0.3) is 0 Å². The first-order valence-corrected chi connectivity index (χ1v) is 7.55. The Kier molecular flexibility index (Phi) is 4.88. The predicted octanol–water partition coefficient (Wildman–Crippen LogP) is 2.48. The number of nitrogens with one attached hydrogen (secondary N) is 2. The van der Waals surface area contributed by atoms with E-state index in [0.717, 1.165) is 22.3 Å². The van der Waals surface area contributed by atoms with E-state index in [1.54, 1.807) is 0 Å². The Morgan fingerprint density at radius 2 is 2.41 bits per heavy atom. The molecule has 3 nitrogen and oxygen atoms in total. The van der Waals surface area contributed by atoms with Gasteiger partial charge in [-0.05, 0) is 30.4 Å².